The molecule has 0 radical (unpaired) electrons. The number of nitrogens with one attached hydrogen (secondary N) is 4. The number of carbonyl (C=O) groups is 6. The molecule has 4 saturated carbocycles. The molecule has 15 heteroatoms. The first-order chi connectivity index (χ1) is 26.8. The van der Waals surface area contributed by atoms with Gasteiger partial charge >= 0.3 is 24.0 Å². The molecular formula is C41H51N5O10. The number of aromatic nitrogens is 1. The van der Waals surface area contributed by atoms with Gasteiger partial charge in [-0.1, -0.05) is 48.5 Å². The Morgan fingerprint density at radius 3 is 2.25 bits per heavy atom. The van der Waals surface area contributed by atoms with E-state index in [0.717, 1.165) is 42.1 Å². The largest absolute Gasteiger partial charge is 0.481 e. The molecule has 1 aromatic heterocycles. The lowest BCUT2D eigenvalue weighted by molar-refractivity contribution is -0.170. The molecule has 4 atom stereocenters. The van der Waals surface area contributed by atoms with E-state index in [9.17, 15) is 28.8 Å². The van der Waals surface area contributed by atoms with E-state index in [1.807, 2.05) is 36.5 Å². The summed E-state index contributed by atoms with van der Waals surface area (Å²) in [4.78, 5) is 79.6. The van der Waals surface area contributed by atoms with Crippen LogP contribution in [0.2, 0.25) is 0 Å². The quantitative estimate of drug-likeness (QED) is 0.0853. The predicted molar refractivity (Wildman–Crippen MR) is 202 cm³/mol. The van der Waals surface area contributed by atoms with Crippen molar-refractivity contribution in [2.24, 2.45) is 35.3 Å². The molecule has 1 heterocycles. The van der Waals surface area contributed by atoms with E-state index < -0.39 is 66.1 Å². The van der Waals surface area contributed by atoms with Gasteiger partial charge in [-0.2, -0.15) is 0 Å². The Balaban J connectivity index is 1.08. The van der Waals surface area contributed by atoms with Gasteiger partial charge < -0.3 is 46.0 Å². The highest BCUT2D eigenvalue weighted by Gasteiger charge is 2.50. The lowest BCUT2D eigenvalue weighted by Crippen LogP contribution is -2.60. The summed E-state index contributed by atoms with van der Waals surface area (Å²) in [6.07, 6.45) is 6.13. The highest BCUT2D eigenvalue weighted by atomic mass is 16.7. The Hall–Kier alpha value is -5.44. The number of nitrogens with two attached hydrogens (primary N) is 1. The second-order valence-electron chi connectivity index (χ2n) is 15.8. The van der Waals surface area contributed by atoms with Crippen molar-refractivity contribution in [1.82, 2.24) is 20.9 Å². The minimum atomic E-state index is -1.45. The van der Waals surface area contributed by atoms with Gasteiger partial charge in [0.05, 0.1) is 18.4 Å². The van der Waals surface area contributed by atoms with E-state index in [0.29, 0.717) is 29.2 Å². The number of H-pyrrole nitrogens is 1. The standard InChI is InChI=1S/C41H51N5O10/c1-23(37(49)50)35(42)38(51)55-22-54-34(48)13-12-33(47)45-32(26-8-4-3-5-9-26)21-44-39(52)41(2,19-29-20-43-31-11-7-6-10-30(29)31)46-40(53)56-36-27-15-24-14-25(17-27)18-28(36)16-24/h3-11,20,23-25,27-28,32,35-36,43H,12-19,21-22,42H2,1-2H3,(H,44,52)(H,45,47)(H,46,53)(H,49,50). The summed E-state index contributed by atoms with van der Waals surface area (Å²) in [7, 11) is 0. The molecule has 2 aromatic carbocycles. The SMILES string of the molecule is CC(C(=O)O)C(N)C(=O)OCOC(=O)CCC(=O)NC(CNC(=O)C(C)(Cc1c[nH]c2ccccc12)NC(=O)OC1C2CC3CC(C2)CC1C3)c1ccccc1. The summed E-state index contributed by atoms with van der Waals surface area (Å²) < 4.78 is 15.8. The molecule has 4 aliphatic rings. The van der Waals surface area contributed by atoms with Crippen molar-refractivity contribution in [1.29, 1.82) is 0 Å². The fourth-order valence-electron chi connectivity index (χ4n) is 8.77. The predicted octanol–water partition coefficient (Wildman–Crippen LogP) is 3.87. The third-order valence-electron chi connectivity index (χ3n) is 11.7. The Morgan fingerprint density at radius 2 is 1.57 bits per heavy atom. The molecule has 4 unspecified atom stereocenters. The molecule has 0 saturated heterocycles. The third-order valence-corrected chi connectivity index (χ3v) is 11.7. The van der Waals surface area contributed by atoms with E-state index in [1.165, 1.54) is 13.3 Å². The van der Waals surface area contributed by atoms with Crippen molar-refractivity contribution in [3.8, 4) is 0 Å². The number of benzene rings is 2. The topological polar surface area (TPSA) is 228 Å². The number of amides is 3. The van der Waals surface area contributed by atoms with Crippen LogP contribution in [0.5, 0.6) is 0 Å². The molecule has 300 valence electrons. The normalized spacial score (nSPS) is 23.5. The average molecular weight is 774 g/mol. The van der Waals surface area contributed by atoms with E-state index in [-0.39, 0.29) is 31.9 Å². The van der Waals surface area contributed by atoms with Crippen LogP contribution < -0.4 is 21.7 Å². The minimum absolute atomic E-state index is 0.0419. The monoisotopic (exact) mass is 773 g/mol. The van der Waals surface area contributed by atoms with Gasteiger partial charge in [0.2, 0.25) is 18.6 Å². The van der Waals surface area contributed by atoms with E-state index in [4.69, 9.17) is 25.1 Å². The van der Waals surface area contributed by atoms with Crippen LogP contribution in [0.15, 0.2) is 60.8 Å². The number of carbonyl (C=O) groups excluding carboxylic acids is 5. The second-order valence-corrected chi connectivity index (χ2v) is 15.8. The first-order valence-corrected chi connectivity index (χ1v) is 19.3. The van der Waals surface area contributed by atoms with Crippen molar-refractivity contribution < 1.29 is 48.1 Å². The Bertz CT molecular complexity index is 1890. The highest BCUT2D eigenvalue weighted by Crippen LogP contribution is 2.54. The number of ether oxygens (including phenoxy) is 3. The van der Waals surface area contributed by atoms with Crippen molar-refractivity contribution >= 4 is 46.7 Å². The Labute approximate surface area is 324 Å². The van der Waals surface area contributed by atoms with Crippen molar-refractivity contribution in [2.45, 2.75) is 88.9 Å². The van der Waals surface area contributed by atoms with Crippen LogP contribution >= 0.6 is 0 Å². The van der Waals surface area contributed by atoms with Gasteiger partial charge in [0.15, 0.2) is 0 Å². The van der Waals surface area contributed by atoms with Crippen LogP contribution in [-0.2, 0) is 44.6 Å². The number of aliphatic carboxylic acids is 1. The molecule has 7 rings (SSSR count). The third kappa shape index (κ3) is 9.67. The molecule has 7 N–H and O–H groups in total. The maximum atomic E-state index is 14.3. The number of esters is 2. The summed E-state index contributed by atoms with van der Waals surface area (Å²) in [6.45, 7) is 2.08. The molecule has 56 heavy (non-hydrogen) atoms. The van der Waals surface area contributed by atoms with Crippen LogP contribution in [0.1, 0.15) is 76.0 Å². The number of rotatable bonds is 17. The molecule has 4 bridgehead atoms. The van der Waals surface area contributed by atoms with Crippen molar-refractivity contribution in [3.63, 3.8) is 0 Å². The van der Waals surface area contributed by atoms with Crippen LogP contribution in [0.4, 0.5) is 4.79 Å². The molecule has 15 nitrogen and oxygen atoms in total. The summed E-state index contributed by atoms with van der Waals surface area (Å²) in [5.74, 6) is -3.25. The first kappa shape index (κ1) is 40.2. The van der Waals surface area contributed by atoms with Crippen LogP contribution in [-0.4, -0.2) is 76.9 Å². The van der Waals surface area contributed by atoms with Gasteiger partial charge in [-0.3, -0.25) is 24.0 Å². The van der Waals surface area contributed by atoms with Crippen LogP contribution in [0.3, 0.4) is 0 Å². The lowest BCUT2D eigenvalue weighted by Gasteiger charge is -2.53. The van der Waals surface area contributed by atoms with E-state index >= 15 is 0 Å². The molecular weight excluding hydrogens is 722 g/mol. The zero-order chi connectivity index (χ0) is 40.0. The van der Waals surface area contributed by atoms with Gasteiger partial charge in [-0.25, -0.2) is 4.79 Å². The smallest absolute Gasteiger partial charge is 0.408 e. The van der Waals surface area contributed by atoms with Crippen molar-refractivity contribution in [3.05, 3.63) is 71.9 Å². The minimum Gasteiger partial charge on any atom is -0.481 e. The number of hydrogen-bond acceptors (Lipinski definition) is 10. The zero-order valence-corrected chi connectivity index (χ0v) is 31.7. The molecule has 0 spiro atoms. The van der Waals surface area contributed by atoms with Crippen LogP contribution in [0.25, 0.3) is 10.9 Å². The maximum Gasteiger partial charge on any atom is 0.408 e. The maximum absolute atomic E-state index is 14.3. The lowest BCUT2D eigenvalue weighted by atomic mass is 9.55. The van der Waals surface area contributed by atoms with Crippen LogP contribution in [0, 0.1) is 29.6 Å². The van der Waals surface area contributed by atoms with E-state index in [1.54, 1.807) is 31.2 Å². The van der Waals surface area contributed by atoms with E-state index in [2.05, 4.69) is 20.9 Å². The summed E-state index contributed by atoms with van der Waals surface area (Å²) in [6, 6.07) is 14.5. The molecule has 4 aliphatic carbocycles. The summed E-state index contributed by atoms with van der Waals surface area (Å²) >= 11 is 0. The molecule has 4 fully saturated rings. The number of hydrogen-bond donors (Lipinski definition) is 6. The molecule has 0 aliphatic heterocycles. The number of alkyl carbamates (subject to hydrolysis) is 1. The van der Waals surface area contributed by atoms with Crippen molar-refractivity contribution in [2.75, 3.05) is 13.3 Å². The van der Waals surface area contributed by atoms with Gasteiger partial charge in [-0.05, 0) is 86.8 Å². The number of fused-ring (bicyclic) bond motifs is 1. The highest BCUT2D eigenvalue weighted by molar-refractivity contribution is 5.92. The average Bonchev–Trinajstić information content (AvgIpc) is 3.58. The zero-order valence-electron chi connectivity index (χ0n) is 31.7. The van der Waals surface area contributed by atoms with Gasteiger partial charge in [-0.15, -0.1) is 0 Å². The number of aromatic amines is 1. The van der Waals surface area contributed by atoms with Gasteiger partial charge in [0.25, 0.3) is 0 Å². The Morgan fingerprint density at radius 1 is 0.911 bits per heavy atom. The Kier molecular flexibility index (Phi) is 12.6. The number of carboxylic acid groups (broad SMARTS) is 1. The fraction of sp³-hybridized carbons (Fsp3) is 0.512. The first-order valence-electron chi connectivity index (χ1n) is 19.3. The van der Waals surface area contributed by atoms with Gasteiger partial charge in [0, 0.05) is 36.5 Å². The number of para-hydroxylation sites is 1. The molecule has 3 amide bonds. The number of carboxylic acids is 1. The second kappa shape index (κ2) is 17.6. The summed E-state index contributed by atoms with van der Waals surface area (Å²) in [5.41, 5.74) is 6.54. The molecule has 3 aromatic rings. The fourth-order valence-corrected chi connectivity index (χ4v) is 8.77. The van der Waals surface area contributed by atoms with Gasteiger partial charge in [0.1, 0.15) is 17.7 Å². The summed E-state index contributed by atoms with van der Waals surface area (Å²) in [5, 5.41) is 18.7.